The normalized spacial score (nSPS) is 23.3. The molecular formula is C10H18N2O6. The number of carbonyl (C=O) groups excluding carboxylic acids is 1. The minimum absolute atomic E-state index is 0.189. The number of nitrogens with one attached hydrogen (secondary N) is 1. The smallest absolute Gasteiger partial charge is 0.328 e. The molecule has 0 spiro atoms. The summed E-state index contributed by atoms with van der Waals surface area (Å²) >= 11 is 0. The van der Waals surface area contributed by atoms with Gasteiger partial charge in [0.05, 0.1) is 32.0 Å². The van der Waals surface area contributed by atoms with Crippen LogP contribution in [0.3, 0.4) is 0 Å². The van der Waals surface area contributed by atoms with Gasteiger partial charge in [0.1, 0.15) is 0 Å². The molecule has 0 aromatic heterocycles. The maximum atomic E-state index is 11.8. The number of aliphatic hydroxyl groups is 2. The SMILES string of the molecule is CC(O)C(NC(=O)N1CCOC(CO)C1)C(=O)O. The highest BCUT2D eigenvalue weighted by Gasteiger charge is 2.29. The zero-order valence-electron chi connectivity index (χ0n) is 10.1. The lowest BCUT2D eigenvalue weighted by Gasteiger charge is -2.33. The van der Waals surface area contributed by atoms with E-state index in [-0.39, 0.29) is 19.8 Å². The van der Waals surface area contributed by atoms with Crippen LogP contribution >= 0.6 is 0 Å². The highest BCUT2D eigenvalue weighted by atomic mass is 16.5. The number of aliphatic carboxylic acids is 1. The minimum Gasteiger partial charge on any atom is -0.480 e. The molecule has 1 rings (SSSR count). The zero-order valence-corrected chi connectivity index (χ0v) is 10.1. The van der Waals surface area contributed by atoms with Gasteiger partial charge in [-0.15, -0.1) is 0 Å². The summed E-state index contributed by atoms with van der Waals surface area (Å²) in [6.45, 7) is 1.87. The second kappa shape index (κ2) is 6.53. The molecule has 1 heterocycles. The van der Waals surface area contributed by atoms with Crippen molar-refractivity contribution in [2.75, 3.05) is 26.3 Å². The van der Waals surface area contributed by atoms with Gasteiger partial charge >= 0.3 is 12.0 Å². The first kappa shape index (κ1) is 14.7. The maximum Gasteiger partial charge on any atom is 0.328 e. The fourth-order valence-electron chi connectivity index (χ4n) is 1.63. The van der Waals surface area contributed by atoms with Gasteiger partial charge in [-0.2, -0.15) is 0 Å². The van der Waals surface area contributed by atoms with Gasteiger partial charge in [-0.1, -0.05) is 0 Å². The molecule has 0 aromatic carbocycles. The van der Waals surface area contributed by atoms with Crippen LogP contribution in [-0.2, 0) is 9.53 Å². The van der Waals surface area contributed by atoms with Crippen LogP contribution in [0.1, 0.15) is 6.92 Å². The molecule has 0 aromatic rings. The van der Waals surface area contributed by atoms with Crippen molar-refractivity contribution in [1.82, 2.24) is 10.2 Å². The van der Waals surface area contributed by atoms with Gasteiger partial charge in [0.2, 0.25) is 0 Å². The number of amides is 2. The summed E-state index contributed by atoms with van der Waals surface area (Å²) < 4.78 is 5.17. The Bertz CT molecular complexity index is 309. The molecule has 1 saturated heterocycles. The highest BCUT2D eigenvalue weighted by molar-refractivity contribution is 5.83. The molecule has 1 fully saturated rings. The maximum absolute atomic E-state index is 11.8. The lowest BCUT2D eigenvalue weighted by molar-refractivity contribution is -0.141. The summed E-state index contributed by atoms with van der Waals surface area (Å²) in [4.78, 5) is 24.0. The van der Waals surface area contributed by atoms with Gasteiger partial charge in [-0.25, -0.2) is 9.59 Å². The van der Waals surface area contributed by atoms with Gasteiger partial charge in [-0.3, -0.25) is 0 Å². The fourth-order valence-corrected chi connectivity index (χ4v) is 1.63. The van der Waals surface area contributed by atoms with Crippen LogP contribution in [-0.4, -0.2) is 76.8 Å². The second-order valence-corrected chi connectivity index (χ2v) is 4.13. The minimum atomic E-state index is -1.35. The fraction of sp³-hybridized carbons (Fsp3) is 0.800. The number of carbonyl (C=O) groups is 2. The van der Waals surface area contributed by atoms with Gasteiger partial charge in [-0.05, 0) is 6.92 Å². The van der Waals surface area contributed by atoms with Gasteiger partial charge in [0, 0.05) is 6.54 Å². The van der Waals surface area contributed by atoms with Crippen LogP contribution in [0.25, 0.3) is 0 Å². The molecule has 0 aliphatic carbocycles. The van der Waals surface area contributed by atoms with Crippen molar-refractivity contribution in [3.63, 3.8) is 0 Å². The van der Waals surface area contributed by atoms with E-state index in [1.165, 1.54) is 11.8 Å². The lowest BCUT2D eigenvalue weighted by atomic mass is 10.2. The summed E-state index contributed by atoms with van der Waals surface area (Å²) in [6, 6.07) is -1.95. The van der Waals surface area contributed by atoms with E-state index in [0.29, 0.717) is 6.54 Å². The second-order valence-electron chi connectivity index (χ2n) is 4.13. The number of rotatable bonds is 4. The Balaban J connectivity index is 2.55. The molecule has 8 heteroatoms. The lowest BCUT2D eigenvalue weighted by Crippen LogP contribution is -2.56. The van der Waals surface area contributed by atoms with Gasteiger partial charge < -0.3 is 30.3 Å². The average Bonchev–Trinajstić information content (AvgIpc) is 2.34. The number of carboxylic acids is 1. The van der Waals surface area contributed by atoms with Crippen LogP contribution < -0.4 is 5.32 Å². The number of nitrogens with zero attached hydrogens (tertiary/aromatic N) is 1. The monoisotopic (exact) mass is 262 g/mol. The summed E-state index contributed by atoms with van der Waals surface area (Å²) in [6.07, 6.45) is -1.65. The van der Waals surface area contributed by atoms with E-state index in [1.807, 2.05) is 0 Å². The first-order valence-electron chi connectivity index (χ1n) is 5.64. The topological polar surface area (TPSA) is 119 Å². The van der Waals surface area contributed by atoms with Crippen LogP contribution in [0.5, 0.6) is 0 Å². The molecule has 18 heavy (non-hydrogen) atoms. The molecule has 104 valence electrons. The van der Waals surface area contributed by atoms with E-state index in [9.17, 15) is 14.7 Å². The molecule has 4 N–H and O–H groups in total. The van der Waals surface area contributed by atoms with E-state index < -0.39 is 30.3 Å². The third-order valence-corrected chi connectivity index (χ3v) is 2.66. The molecule has 1 aliphatic rings. The van der Waals surface area contributed by atoms with Crippen LogP contribution in [0, 0.1) is 0 Å². The Labute approximate surface area is 104 Å². The summed E-state index contributed by atoms with van der Waals surface area (Å²) in [5.74, 6) is -1.30. The largest absolute Gasteiger partial charge is 0.480 e. The van der Waals surface area contributed by atoms with E-state index in [0.717, 1.165) is 0 Å². The molecule has 0 bridgehead atoms. The Morgan fingerprint density at radius 3 is 2.72 bits per heavy atom. The summed E-state index contributed by atoms with van der Waals surface area (Å²) in [5, 5.41) is 29.2. The third kappa shape index (κ3) is 3.83. The Morgan fingerprint density at radius 1 is 1.56 bits per heavy atom. The number of morpholine rings is 1. The van der Waals surface area contributed by atoms with Gasteiger partial charge in [0.25, 0.3) is 0 Å². The Morgan fingerprint density at radius 2 is 2.22 bits per heavy atom. The predicted molar refractivity (Wildman–Crippen MR) is 60.0 cm³/mol. The number of ether oxygens (including phenoxy) is 1. The molecule has 1 aliphatic heterocycles. The van der Waals surface area contributed by atoms with E-state index in [4.69, 9.17) is 14.9 Å². The molecule has 0 saturated carbocycles. The predicted octanol–water partition coefficient (Wildman–Crippen LogP) is -1.78. The van der Waals surface area contributed by atoms with Crippen molar-refractivity contribution in [2.24, 2.45) is 0 Å². The first-order valence-corrected chi connectivity index (χ1v) is 5.64. The van der Waals surface area contributed by atoms with Crippen molar-refractivity contribution in [1.29, 1.82) is 0 Å². The highest BCUT2D eigenvalue weighted by Crippen LogP contribution is 2.05. The average molecular weight is 262 g/mol. The summed E-state index contributed by atoms with van der Waals surface area (Å²) in [5.41, 5.74) is 0. The van der Waals surface area contributed by atoms with Crippen LogP contribution in [0.4, 0.5) is 4.79 Å². The van der Waals surface area contributed by atoms with Crippen molar-refractivity contribution in [2.45, 2.75) is 25.2 Å². The first-order chi connectivity index (χ1) is 8.45. The van der Waals surface area contributed by atoms with E-state index in [1.54, 1.807) is 0 Å². The third-order valence-electron chi connectivity index (χ3n) is 2.66. The van der Waals surface area contributed by atoms with Crippen molar-refractivity contribution in [3.05, 3.63) is 0 Å². The summed E-state index contributed by atoms with van der Waals surface area (Å²) in [7, 11) is 0. The van der Waals surface area contributed by atoms with E-state index in [2.05, 4.69) is 5.32 Å². The number of urea groups is 1. The van der Waals surface area contributed by atoms with Crippen molar-refractivity contribution >= 4 is 12.0 Å². The molecule has 3 unspecified atom stereocenters. The number of aliphatic hydroxyl groups excluding tert-OH is 2. The number of hydrogen-bond donors (Lipinski definition) is 4. The Hall–Kier alpha value is -1.38. The molecular weight excluding hydrogens is 244 g/mol. The molecule has 3 atom stereocenters. The van der Waals surface area contributed by atoms with Crippen LogP contribution in [0.15, 0.2) is 0 Å². The number of carboxylic acid groups (broad SMARTS) is 1. The molecule has 2 amide bonds. The van der Waals surface area contributed by atoms with Gasteiger partial charge in [0.15, 0.2) is 6.04 Å². The molecule has 0 radical (unpaired) electrons. The zero-order chi connectivity index (χ0) is 13.7. The quantitative estimate of drug-likeness (QED) is 0.475. The standard InChI is InChI=1S/C10H18N2O6/c1-6(14)8(9(15)16)11-10(17)12-2-3-18-7(4-12)5-13/h6-8,13-14H,2-5H2,1H3,(H,11,17)(H,15,16). The van der Waals surface area contributed by atoms with Crippen molar-refractivity contribution in [3.8, 4) is 0 Å². The number of hydrogen-bond acceptors (Lipinski definition) is 5. The van der Waals surface area contributed by atoms with Crippen LogP contribution in [0.2, 0.25) is 0 Å². The Kier molecular flexibility index (Phi) is 5.32. The molecule has 8 nitrogen and oxygen atoms in total. The van der Waals surface area contributed by atoms with Crippen molar-refractivity contribution < 1.29 is 29.6 Å². The van der Waals surface area contributed by atoms with E-state index >= 15 is 0 Å².